The summed E-state index contributed by atoms with van der Waals surface area (Å²) in [6.07, 6.45) is 19.1. The van der Waals surface area contributed by atoms with E-state index in [2.05, 4.69) is 48.7 Å². The minimum absolute atomic E-state index is 0.0245. The number of thioether (sulfide) groups is 2. The van der Waals surface area contributed by atoms with Crippen molar-refractivity contribution >= 4 is 51.7 Å². The largest absolute Gasteiger partial charge is 0.335 e. The number of allylic oxidation sites excluding steroid dienone is 2. The van der Waals surface area contributed by atoms with Gasteiger partial charge in [-0.3, -0.25) is 9.69 Å². The van der Waals surface area contributed by atoms with Crippen LogP contribution >= 0.6 is 35.7 Å². The molecule has 0 bridgehead atoms. The van der Waals surface area contributed by atoms with Gasteiger partial charge in [-0.05, 0) is 30.7 Å². The molecule has 178 valence electrons. The summed E-state index contributed by atoms with van der Waals surface area (Å²) in [5.41, 5.74) is 1.28. The Morgan fingerprint density at radius 2 is 1.58 bits per heavy atom. The number of fused-ring (bicyclic) bond motifs is 1. The zero-order chi connectivity index (χ0) is 23.5. The van der Waals surface area contributed by atoms with Gasteiger partial charge in [-0.25, -0.2) is 0 Å². The van der Waals surface area contributed by atoms with E-state index in [0.29, 0.717) is 15.8 Å². The molecule has 0 radical (unpaired) electrons. The summed E-state index contributed by atoms with van der Waals surface area (Å²) in [6.45, 7) is 7.47. The molecule has 2 heterocycles. The normalized spacial score (nSPS) is 18.1. The molecule has 0 N–H and O–H groups in total. The zero-order valence-electron chi connectivity index (χ0n) is 19.8. The van der Waals surface area contributed by atoms with E-state index in [1.807, 2.05) is 6.08 Å². The van der Waals surface area contributed by atoms with E-state index in [9.17, 15) is 4.79 Å². The molecule has 1 fully saturated rings. The lowest BCUT2D eigenvalue weighted by molar-refractivity contribution is -0.121. The number of anilines is 1. The van der Waals surface area contributed by atoms with Gasteiger partial charge in [0.15, 0.2) is 0 Å². The fourth-order valence-electron chi connectivity index (χ4n) is 4.11. The Morgan fingerprint density at radius 1 is 0.909 bits per heavy atom. The van der Waals surface area contributed by atoms with Gasteiger partial charge in [0.05, 0.1) is 15.6 Å². The predicted molar refractivity (Wildman–Crippen MR) is 150 cm³/mol. The van der Waals surface area contributed by atoms with Crippen LogP contribution in [0, 0.1) is 0 Å². The lowest BCUT2D eigenvalue weighted by Crippen LogP contribution is -2.27. The molecule has 6 heteroatoms. The van der Waals surface area contributed by atoms with Crippen LogP contribution in [0.2, 0.25) is 0 Å². The molecule has 0 spiro atoms. The highest BCUT2D eigenvalue weighted by Gasteiger charge is 2.31. The molecule has 1 aromatic rings. The highest BCUT2D eigenvalue weighted by atomic mass is 32.2. The molecule has 3 rings (SSSR count). The van der Waals surface area contributed by atoms with Gasteiger partial charge in [0.25, 0.3) is 5.91 Å². The van der Waals surface area contributed by atoms with Crippen LogP contribution in [0.3, 0.4) is 0 Å². The van der Waals surface area contributed by atoms with Gasteiger partial charge in [-0.15, -0.1) is 6.58 Å². The monoisotopic (exact) mass is 500 g/mol. The van der Waals surface area contributed by atoms with E-state index >= 15 is 0 Å². The molecule has 0 saturated carbocycles. The molecule has 33 heavy (non-hydrogen) atoms. The standard InChI is InChI=1S/C27H36N2OS3/c1-3-5-6-7-8-9-10-11-12-15-21-28-22-16-13-14-17-23(22)32-25(28)19-18-24-26(30)29(20-4-2)27(31)33-24/h4,13-14,16-19H,2-3,5-12,15,20-21H2,1H3/b24-18+,25-19-. The Balaban J connectivity index is 1.53. The SMILES string of the molecule is C=CCN1C(=O)/C(=C\C=C2/Sc3ccccc3N2CCCCCCCCCCCC)SC1=S. The van der Waals surface area contributed by atoms with E-state index in [4.69, 9.17) is 12.2 Å². The Kier molecular flexibility index (Phi) is 11.1. The van der Waals surface area contributed by atoms with Crippen molar-refractivity contribution in [2.45, 2.75) is 76.0 Å². The maximum atomic E-state index is 12.6. The van der Waals surface area contributed by atoms with Gasteiger partial charge in [0, 0.05) is 18.0 Å². The van der Waals surface area contributed by atoms with Gasteiger partial charge in [0.1, 0.15) is 4.32 Å². The number of thiocarbonyl (C=S) groups is 1. The number of rotatable bonds is 14. The first-order valence-electron chi connectivity index (χ1n) is 12.3. The fraction of sp³-hybridized carbons (Fsp3) is 0.481. The van der Waals surface area contributed by atoms with Crippen molar-refractivity contribution in [1.29, 1.82) is 0 Å². The third kappa shape index (κ3) is 7.49. The highest BCUT2D eigenvalue weighted by molar-refractivity contribution is 8.26. The Hall–Kier alpha value is -1.50. The molecule has 2 aliphatic heterocycles. The van der Waals surface area contributed by atoms with E-state index in [1.54, 1.807) is 22.7 Å². The van der Waals surface area contributed by atoms with Crippen molar-refractivity contribution in [3.05, 3.63) is 59.0 Å². The second-order valence-electron chi connectivity index (χ2n) is 8.51. The zero-order valence-corrected chi connectivity index (χ0v) is 22.2. The van der Waals surface area contributed by atoms with E-state index < -0.39 is 0 Å². The molecule has 0 atom stereocenters. The van der Waals surface area contributed by atoms with Crippen molar-refractivity contribution in [2.24, 2.45) is 0 Å². The Bertz CT molecular complexity index is 893. The molecular formula is C27H36N2OS3. The average Bonchev–Trinajstić information content (AvgIpc) is 3.30. The highest BCUT2D eigenvalue weighted by Crippen LogP contribution is 2.46. The van der Waals surface area contributed by atoms with Crippen LogP contribution in [-0.4, -0.2) is 28.2 Å². The molecular weight excluding hydrogens is 465 g/mol. The summed E-state index contributed by atoms with van der Waals surface area (Å²) < 4.78 is 0.606. The number of unbranched alkanes of at least 4 members (excludes halogenated alkanes) is 9. The second-order valence-corrected chi connectivity index (χ2v) is 11.2. The summed E-state index contributed by atoms with van der Waals surface area (Å²) >= 11 is 8.51. The maximum absolute atomic E-state index is 12.6. The Morgan fingerprint density at radius 3 is 2.27 bits per heavy atom. The first-order chi connectivity index (χ1) is 16.2. The number of hydrogen-bond donors (Lipinski definition) is 0. The van der Waals surface area contributed by atoms with Gasteiger partial charge in [0.2, 0.25) is 0 Å². The number of para-hydroxylation sites is 1. The maximum Gasteiger partial charge on any atom is 0.266 e. The van der Waals surface area contributed by atoms with Gasteiger partial charge < -0.3 is 4.90 Å². The van der Waals surface area contributed by atoms with Gasteiger partial charge in [-0.2, -0.15) is 0 Å². The summed E-state index contributed by atoms with van der Waals surface area (Å²) in [4.78, 5) is 18.6. The smallest absolute Gasteiger partial charge is 0.266 e. The molecule has 1 saturated heterocycles. The lowest BCUT2D eigenvalue weighted by atomic mass is 10.1. The van der Waals surface area contributed by atoms with Crippen LogP contribution in [0.15, 0.2) is 63.9 Å². The molecule has 0 unspecified atom stereocenters. The van der Waals surface area contributed by atoms with Crippen LogP contribution in [0.25, 0.3) is 0 Å². The van der Waals surface area contributed by atoms with Crippen LogP contribution in [0.4, 0.5) is 5.69 Å². The molecule has 0 aromatic heterocycles. The summed E-state index contributed by atoms with van der Waals surface area (Å²) in [5.74, 6) is -0.0245. The van der Waals surface area contributed by atoms with Crippen LogP contribution in [-0.2, 0) is 4.79 Å². The van der Waals surface area contributed by atoms with Crippen molar-refractivity contribution in [2.75, 3.05) is 18.0 Å². The molecule has 2 aliphatic rings. The van der Waals surface area contributed by atoms with Gasteiger partial charge >= 0.3 is 0 Å². The quantitative estimate of drug-likeness (QED) is 0.111. The number of benzene rings is 1. The summed E-state index contributed by atoms with van der Waals surface area (Å²) in [5, 5.41) is 1.18. The summed E-state index contributed by atoms with van der Waals surface area (Å²) in [7, 11) is 0. The van der Waals surface area contributed by atoms with E-state index in [0.717, 1.165) is 6.54 Å². The number of hydrogen-bond acceptors (Lipinski definition) is 5. The lowest BCUT2D eigenvalue weighted by Gasteiger charge is -2.20. The number of carbonyl (C=O) groups is 1. The molecule has 1 aromatic carbocycles. The summed E-state index contributed by atoms with van der Waals surface area (Å²) in [6, 6.07) is 8.57. The second kappa shape index (κ2) is 14.0. The predicted octanol–water partition coefficient (Wildman–Crippen LogP) is 8.29. The molecule has 3 nitrogen and oxygen atoms in total. The number of nitrogens with zero attached hydrogens (tertiary/aromatic N) is 2. The van der Waals surface area contributed by atoms with Crippen molar-refractivity contribution in [3.63, 3.8) is 0 Å². The molecule has 1 amide bonds. The van der Waals surface area contributed by atoms with E-state index in [1.165, 1.54) is 91.6 Å². The van der Waals surface area contributed by atoms with Crippen molar-refractivity contribution < 1.29 is 4.79 Å². The minimum atomic E-state index is -0.0245. The topological polar surface area (TPSA) is 23.6 Å². The Labute approximate surface area is 213 Å². The number of carbonyl (C=O) groups excluding carboxylic acids is 1. The van der Waals surface area contributed by atoms with Gasteiger partial charge in [-0.1, -0.05) is 119 Å². The third-order valence-electron chi connectivity index (χ3n) is 5.93. The number of amides is 1. The van der Waals surface area contributed by atoms with Crippen LogP contribution in [0.5, 0.6) is 0 Å². The van der Waals surface area contributed by atoms with Crippen molar-refractivity contribution in [1.82, 2.24) is 4.90 Å². The van der Waals surface area contributed by atoms with Crippen LogP contribution < -0.4 is 4.90 Å². The van der Waals surface area contributed by atoms with Crippen LogP contribution in [0.1, 0.15) is 71.1 Å². The average molecular weight is 501 g/mol. The van der Waals surface area contributed by atoms with E-state index in [-0.39, 0.29) is 5.91 Å². The minimum Gasteiger partial charge on any atom is -0.335 e. The molecule has 0 aliphatic carbocycles. The first kappa shape index (κ1) is 26.1. The fourth-order valence-corrected chi connectivity index (χ4v) is 6.42. The third-order valence-corrected chi connectivity index (χ3v) is 8.46. The van der Waals surface area contributed by atoms with Crippen molar-refractivity contribution in [3.8, 4) is 0 Å². The first-order valence-corrected chi connectivity index (χ1v) is 14.3.